The Morgan fingerprint density at radius 3 is 2.85 bits per heavy atom. The van der Waals surface area contributed by atoms with Gasteiger partial charge >= 0.3 is 0 Å². The first-order chi connectivity index (χ1) is 12.2. The van der Waals surface area contributed by atoms with E-state index in [-0.39, 0.29) is 30.6 Å². The highest BCUT2D eigenvalue weighted by Gasteiger charge is 2.41. The standard InChI is InChI=1S/C19H25N3O3.HI/c1-4-9-24-18-10-13(5-7-17(18)23-3)12-21-19(20-2)22-15-11-14-6-8-16(15)25-14;/h1,5,7,10,14-16H,6,8-9,11-12H2,2-3H3,(H2,20,21,22);1H. The second-order valence-electron chi connectivity index (χ2n) is 6.26. The molecule has 2 bridgehead atoms. The van der Waals surface area contributed by atoms with Crippen molar-refractivity contribution in [3.63, 3.8) is 0 Å². The van der Waals surface area contributed by atoms with Gasteiger partial charge in [-0.05, 0) is 37.0 Å². The molecule has 3 atom stereocenters. The number of guanidine groups is 1. The molecule has 2 aliphatic rings. The molecule has 142 valence electrons. The minimum atomic E-state index is 0. The molecule has 6 nitrogen and oxygen atoms in total. The molecule has 0 spiro atoms. The second kappa shape index (κ2) is 9.88. The zero-order valence-corrected chi connectivity index (χ0v) is 17.5. The lowest BCUT2D eigenvalue weighted by atomic mass is 9.96. The largest absolute Gasteiger partial charge is 0.493 e. The highest BCUT2D eigenvalue weighted by atomic mass is 127. The first kappa shape index (κ1) is 20.6. The fourth-order valence-electron chi connectivity index (χ4n) is 3.41. The summed E-state index contributed by atoms with van der Waals surface area (Å²) in [7, 11) is 3.39. The van der Waals surface area contributed by atoms with Crippen LogP contribution in [0.25, 0.3) is 0 Å². The summed E-state index contributed by atoms with van der Waals surface area (Å²) in [5.41, 5.74) is 1.06. The Labute approximate surface area is 172 Å². The summed E-state index contributed by atoms with van der Waals surface area (Å²) < 4.78 is 16.7. The first-order valence-electron chi connectivity index (χ1n) is 8.59. The van der Waals surface area contributed by atoms with Crippen molar-refractivity contribution >= 4 is 29.9 Å². The van der Waals surface area contributed by atoms with Crippen molar-refractivity contribution in [2.45, 2.75) is 44.1 Å². The van der Waals surface area contributed by atoms with E-state index >= 15 is 0 Å². The van der Waals surface area contributed by atoms with Crippen LogP contribution in [0.4, 0.5) is 0 Å². The normalized spacial score (nSPS) is 23.7. The van der Waals surface area contributed by atoms with Crippen LogP contribution >= 0.6 is 24.0 Å². The molecule has 3 unspecified atom stereocenters. The average molecular weight is 471 g/mol. The summed E-state index contributed by atoms with van der Waals surface area (Å²) in [5.74, 6) is 4.56. The van der Waals surface area contributed by atoms with E-state index in [9.17, 15) is 0 Å². The average Bonchev–Trinajstić information content (AvgIpc) is 3.26. The van der Waals surface area contributed by atoms with E-state index in [0.717, 1.165) is 24.4 Å². The molecule has 1 aromatic carbocycles. The topological polar surface area (TPSA) is 64.1 Å². The minimum absolute atomic E-state index is 0. The maximum atomic E-state index is 5.88. The van der Waals surface area contributed by atoms with Gasteiger partial charge in [0.15, 0.2) is 17.5 Å². The van der Waals surface area contributed by atoms with Crippen molar-refractivity contribution in [3.8, 4) is 23.8 Å². The lowest BCUT2D eigenvalue weighted by molar-refractivity contribution is 0.0992. The van der Waals surface area contributed by atoms with Gasteiger partial charge in [-0.2, -0.15) is 0 Å². The molecule has 0 aliphatic carbocycles. The number of methoxy groups -OCH3 is 1. The van der Waals surface area contributed by atoms with Crippen LogP contribution in [-0.4, -0.2) is 45.0 Å². The van der Waals surface area contributed by atoms with E-state index in [1.54, 1.807) is 14.2 Å². The third-order valence-electron chi connectivity index (χ3n) is 4.65. The van der Waals surface area contributed by atoms with Crippen LogP contribution in [0.5, 0.6) is 11.5 Å². The molecule has 2 heterocycles. The number of rotatable bonds is 6. The van der Waals surface area contributed by atoms with Gasteiger partial charge in [0.25, 0.3) is 0 Å². The van der Waals surface area contributed by atoms with Gasteiger partial charge in [0.1, 0.15) is 6.61 Å². The maximum absolute atomic E-state index is 5.88. The van der Waals surface area contributed by atoms with E-state index in [0.29, 0.717) is 36.3 Å². The van der Waals surface area contributed by atoms with Crippen LogP contribution in [0, 0.1) is 12.3 Å². The van der Waals surface area contributed by atoms with Crippen molar-refractivity contribution in [3.05, 3.63) is 23.8 Å². The number of benzene rings is 1. The van der Waals surface area contributed by atoms with E-state index < -0.39 is 0 Å². The summed E-state index contributed by atoms with van der Waals surface area (Å²) in [6, 6.07) is 6.14. The summed E-state index contributed by atoms with van der Waals surface area (Å²) in [6.45, 7) is 0.832. The number of halogens is 1. The molecular formula is C19H26IN3O3. The molecule has 2 saturated heterocycles. The Kier molecular flexibility index (Phi) is 7.85. The Morgan fingerprint density at radius 1 is 1.38 bits per heavy atom. The SMILES string of the molecule is C#CCOc1cc(CNC(=NC)NC2CC3CCC2O3)ccc1OC.I. The van der Waals surface area contributed by atoms with Crippen molar-refractivity contribution in [1.29, 1.82) is 0 Å². The van der Waals surface area contributed by atoms with Crippen LogP contribution in [0.2, 0.25) is 0 Å². The van der Waals surface area contributed by atoms with Crippen LogP contribution in [-0.2, 0) is 11.3 Å². The fraction of sp³-hybridized carbons (Fsp3) is 0.526. The van der Waals surface area contributed by atoms with Gasteiger partial charge in [-0.15, -0.1) is 30.4 Å². The Balaban J connectivity index is 0.00000243. The van der Waals surface area contributed by atoms with E-state index in [1.165, 1.54) is 6.42 Å². The monoisotopic (exact) mass is 471 g/mol. The number of aliphatic imine (C=N–C) groups is 1. The Morgan fingerprint density at radius 2 is 2.23 bits per heavy atom. The van der Waals surface area contributed by atoms with Gasteiger partial charge in [0.05, 0.1) is 25.4 Å². The Hall–Kier alpha value is -1.66. The fourth-order valence-corrected chi connectivity index (χ4v) is 3.41. The van der Waals surface area contributed by atoms with Gasteiger partial charge in [-0.25, -0.2) is 0 Å². The smallest absolute Gasteiger partial charge is 0.191 e. The third-order valence-corrected chi connectivity index (χ3v) is 4.65. The van der Waals surface area contributed by atoms with Crippen LogP contribution in [0.3, 0.4) is 0 Å². The van der Waals surface area contributed by atoms with Gasteiger partial charge in [0, 0.05) is 13.6 Å². The molecule has 2 aliphatic heterocycles. The summed E-state index contributed by atoms with van der Waals surface area (Å²) in [5, 5.41) is 6.81. The van der Waals surface area contributed by atoms with Gasteiger partial charge < -0.3 is 24.8 Å². The molecule has 0 aromatic heterocycles. The van der Waals surface area contributed by atoms with E-state index in [1.807, 2.05) is 18.2 Å². The quantitative estimate of drug-likeness (QED) is 0.289. The summed E-state index contributed by atoms with van der Waals surface area (Å²) in [6.07, 6.45) is 9.36. The van der Waals surface area contributed by atoms with Crippen molar-refractivity contribution in [2.24, 2.45) is 4.99 Å². The van der Waals surface area contributed by atoms with Crippen molar-refractivity contribution < 1.29 is 14.2 Å². The second-order valence-corrected chi connectivity index (χ2v) is 6.26. The third kappa shape index (κ3) is 4.95. The molecule has 7 heteroatoms. The molecule has 2 fully saturated rings. The number of nitrogens with one attached hydrogen (secondary N) is 2. The van der Waals surface area contributed by atoms with Gasteiger partial charge in [0.2, 0.25) is 0 Å². The molecule has 1 aromatic rings. The van der Waals surface area contributed by atoms with Crippen molar-refractivity contribution in [2.75, 3.05) is 20.8 Å². The molecule has 0 radical (unpaired) electrons. The highest BCUT2D eigenvalue weighted by Crippen LogP contribution is 2.34. The predicted octanol–water partition coefficient (Wildman–Crippen LogP) is 2.31. The summed E-state index contributed by atoms with van der Waals surface area (Å²) in [4.78, 5) is 4.31. The summed E-state index contributed by atoms with van der Waals surface area (Å²) >= 11 is 0. The van der Waals surface area contributed by atoms with E-state index in [2.05, 4.69) is 21.5 Å². The van der Waals surface area contributed by atoms with Crippen LogP contribution < -0.4 is 20.1 Å². The van der Waals surface area contributed by atoms with Crippen LogP contribution in [0.15, 0.2) is 23.2 Å². The number of terminal acetylenes is 1. The zero-order chi connectivity index (χ0) is 17.6. The Bertz CT molecular complexity index is 674. The molecule has 0 saturated carbocycles. The minimum Gasteiger partial charge on any atom is -0.493 e. The first-order valence-corrected chi connectivity index (χ1v) is 8.59. The molecule has 0 amide bonds. The molecule has 3 rings (SSSR count). The van der Waals surface area contributed by atoms with Gasteiger partial charge in [-0.3, -0.25) is 4.99 Å². The number of ether oxygens (including phenoxy) is 3. The maximum Gasteiger partial charge on any atom is 0.191 e. The van der Waals surface area contributed by atoms with Crippen LogP contribution in [0.1, 0.15) is 24.8 Å². The molecular weight excluding hydrogens is 445 g/mol. The predicted molar refractivity (Wildman–Crippen MR) is 112 cm³/mol. The van der Waals surface area contributed by atoms with E-state index in [4.69, 9.17) is 20.6 Å². The molecule has 26 heavy (non-hydrogen) atoms. The number of hydrogen-bond acceptors (Lipinski definition) is 4. The highest BCUT2D eigenvalue weighted by molar-refractivity contribution is 14.0. The zero-order valence-electron chi connectivity index (χ0n) is 15.2. The lowest BCUT2D eigenvalue weighted by Crippen LogP contribution is -2.47. The molecule has 2 N–H and O–H groups in total. The van der Waals surface area contributed by atoms with Crippen molar-refractivity contribution in [1.82, 2.24) is 10.6 Å². The lowest BCUT2D eigenvalue weighted by Gasteiger charge is -2.22. The van der Waals surface area contributed by atoms with Gasteiger partial charge in [-0.1, -0.05) is 12.0 Å². The number of nitrogens with zero attached hydrogens (tertiary/aromatic N) is 1. The number of fused-ring (bicyclic) bond motifs is 2. The number of hydrogen-bond donors (Lipinski definition) is 2.